The molecule has 0 saturated carbocycles. The first-order valence-electron chi connectivity index (χ1n) is 12.1. The molecule has 1 atom stereocenters. The Hall–Kier alpha value is -3.14. The largest absolute Gasteiger partial charge is 0.419 e. The summed E-state index contributed by atoms with van der Waals surface area (Å²) >= 11 is 6.08. The molecular formula is C25H27ClF3N7. The highest BCUT2D eigenvalue weighted by molar-refractivity contribution is 6.30. The fourth-order valence-corrected chi connectivity index (χ4v) is 4.86. The van der Waals surface area contributed by atoms with Crippen molar-refractivity contribution in [2.75, 3.05) is 47.4 Å². The van der Waals surface area contributed by atoms with Crippen molar-refractivity contribution in [2.24, 2.45) is 0 Å². The molecule has 2 fully saturated rings. The van der Waals surface area contributed by atoms with Crippen molar-refractivity contribution in [3.8, 4) is 11.4 Å². The second-order valence-electron chi connectivity index (χ2n) is 9.15. The Morgan fingerprint density at radius 1 is 0.861 bits per heavy atom. The molecule has 0 aliphatic carbocycles. The van der Waals surface area contributed by atoms with Gasteiger partial charge < -0.3 is 14.7 Å². The lowest BCUT2D eigenvalue weighted by Crippen LogP contribution is -2.48. The zero-order chi connectivity index (χ0) is 25.3. The minimum atomic E-state index is -4.46. The van der Waals surface area contributed by atoms with Crippen LogP contribution in [0.4, 0.5) is 30.9 Å². The average molecular weight is 518 g/mol. The number of piperazine rings is 1. The van der Waals surface area contributed by atoms with Crippen LogP contribution in [0.25, 0.3) is 11.4 Å². The van der Waals surface area contributed by atoms with E-state index in [1.54, 1.807) is 17.0 Å². The molecule has 4 heterocycles. The molecule has 3 aromatic rings. The van der Waals surface area contributed by atoms with E-state index in [2.05, 4.69) is 16.8 Å². The summed E-state index contributed by atoms with van der Waals surface area (Å²) in [6, 6.07) is 10.1. The summed E-state index contributed by atoms with van der Waals surface area (Å²) in [5.41, 5.74) is 0.112. The van der Waals surface area contributed by atoms with Gasteiger partial charge in [-0.1, -0.05) is 11.6 Å². The second-order valence-corrected chi connectivity index (χ2v) is 9.59. The number of pyridine rings is 1. The van der Waals surface area contributed by atoms with Gasteiger partial charge in [0.1, 0.15) is 5.82 Å². The van der Waals surface area contributed by atoms with Gasteiger partial charge in [-0.25, -0.2) is 4.98 Å². The van der Waals surface area contributed by atoms with Crippen molar-refractivity contribution < 1.29 is 13.2 Å². The molecule has 1 unspecified atom stereocenters. The minimum Gasteiger partial charge on any atom is -0.353 e. The quantitative estimate of drug-likeness (QED) is 0.464. The zero-order valence-corrected chi connectivity index (χ0v) is 20.7. The summed E-state index contributed by atoms with van der Waals surface area (Å²) < 4.78 is 40.5. The third-order valence-corrected chi connectivity index (χ3v) is 6.98. The van der Waals surface area contributed by atoms with E-state index in [-0.39, 0.29) is 5.82 Å². The Morgan fingerprint density at radius 3 is 2.25 bits per heavy atom. The third-order valence-electron chi connectivity index (χ3n) is 6.73. The lowest BCUT2D eigenvalue weighted by molar-refractivity contribution is -0.137. The van der Waals surface area contributed by atoms with E-state index in [0.717, 1.165) is 31.0 Å². The number of anilines is 3. The first-order valence-corrected chi connectivity index (χ1v) is 12.5. The lowest BCUT2D eigenvalue weighted by Gasteiger charge is -2.37. The summed E-state index contributed by atoms with van der Waals surface area (Å²) in [6.07, 6.45) is 0.262. The van der Waals surface area contributed by atoms with Crippen molar-refractivity contribution in [3.63, 3.8) is 0 Å². The fraction of sp³-hybridized carbons (Fsp3) is 0.440. The van der Waals surface area contributed by atoms with Gasteiger partial charge in [-0.2, -0.15) is 28.1 Å². The van der Waals surface area contributed by atoms with Crippen LogP contribution in [0.1, 0.15) is 31.7 Å². The maximum atomic E-state index is 13.5. The Kier molecular flexibility index (Phi) is 6.87. The number of rotatable bonds is 4. The van der Waals surface area contributed by atoms with Crippen molar-refractivity contribution in [3.05, 3.63) is 53.2 Å². The summed E-state index contributed by atoms with van der Waals surface area (Å²) in [7, 11) is 0. The first-order chi connectivity index (χ1) is 17.3. The number of benzene rings is 1. The van der Waals surface area contributed by atoms with Gasteiger partial charge in [0, 0.05) is 55.5 Å². The Morgan fingerprint density at radius 2 is 1.56 bits per heavy atom. The van der Waals surface area contributed by atoms with Crippen LogP contribution in [0.15, 0.2) is 42.6 Å². The van der Waals surface area contributed by atoms with Crippen LogP contribution in [0.2, 0.25) is 5.02 Å². The van der Waals surface area contributed by atoms with Crippen molar-refractivity contribution >= 4 is 29.3 Å². The number of halogens is 4. The maximum Gasteiger partial charge on any atom is 0.419 e. The second kappa shape index (κ2) is 10.1. The van der Waals surface area contributed by atoms with Crippen LogP contribution in [-0.2, 0) is 6.18 Å². The Bertz CT molecular complexity index is 1200. The molecular weight excluding hydrogens is 491 g/mol. The Balaban J connectivity index is 1.43. The highest BCUT2D eigenvalue weighted by atomic mass is 35.5. The molecule has 2 aliphatic rings. The standard InChI is InChI=1S/C25H27ClF3N7/c1-17-5-2-3-12-36(17)24-32-21(18-7-9-19(26)10-8-18)31-23(33-24)35-15-13-34(14-16-35)22-20(25(27,28)29)6-4-11-30-22/h4,6-11,17H,2-3,5,12-16H2,1H3. The predicted octanol–water partition coefficient (Wildman–Crippen LogP) is 5.31. The topological polar surface area (TPSA) is 61.3 Å². The van der Waals surface area contributed by atoms with E-state index in [1.807, 2.05) is 17.0 Å². The van der Waals surface area contributed by atoms with Gasteiger partial charge in [0.05, 0.1) is 5.56 Å². The van der Waals surface area contributed by atoms with E-state index >= 15 is 0 Å². The van der Waals surface area contributed by atoms with Gasteiger partial charge in [-0.05, 0) is 62.6 Å². The van der Waals surface area contributed by atoms with Crippen LogP contribution in [0.5, 0.6) is 0 Å². The van der Waals surface area contributed by atoms with Gasteiger partial charge in [0.15, 0.2) is 5.82 Å². The summed E-state index contributed by atoms with van der Waals surface area (Å²) in [5, 5.41) is 0.627. The van der Waals surface area contributed by atoms with Gasteiger partial charge in [-0.15, -0.1) is 0 Å². The minimum absolute atomic E-state index is 0.0371. The van der Waals surface area contributed by atoms with Gasteiger partial charge in [0.2, 0.25) is 11.9 Å². The lowest BCUT2D eigenvalue weighted by atomic mass is 10.0. The van der Waals surface area contributed by atoms with Gasteiger partial charge >= 0.3 is 6.18 Å². The summed E-state index contributed by atoms with van der Waals surface area (Å²) in [5.74, 6) is 1.67. The van der Waals surface area contributed by atoms with E-state index in [4.69, 9.17) is 26.6 Å². The Labute approximate surface area is 213 Å². The number of hydrogen-bond donors (Lipinski definition) is 0. The van der Waals surface area contributed by atoms with Gasteiger partial charge in [-0.3, -0.25) is 0 Å². The monoisotopic (exact) mass is 517 g/mol. The molecule has 36 heavy (non-hydrogen) atoms. The van der Waals surface area contributed by atoms with Crippen LogP contribution < -0.4 is 14.7 Å². The summed E-state index contributed by atoms with van der Waals surface area (Å²) in [6.45, 7) is 4.72. The van der Waals surface area contributed by atoms with Crippen LogP contribution in [0.3, 0.4) is 0 Å². The molecule has 7 nitrogen and oxygen atoms in total. The maximum absolute atomic E-state index is 13.5. The number of hydrogen-bond acceptors (Lipinski definition) is 7. The van der Waals surface area contributed by atoms with E-state index in [1.165, 1.54) is 18.7 Å². The van der Waals surface area contributed by atoms with Crippen molar-refractivity contribution in [1.29, 1.82) is 0 Å². The van der Waals surface area contributed by atoms with Gasteiger partial charge in [0.25, 0.3) is 0 Å². The number of aromatic nitrogens is 4. The molecule has 2 aliphatic heterocycles. The molecule has 5 rings (SSSR count). The molecule has 0 amide bonds. The SMILES string of the molecule is CC1CCCCN1c1nc(-c2ccc(Cl)cc2)nc(N2CCN(c3ncccc3C(F)(F)F)CC2)n1. The number of piperidine rings is 1. The highest BCUT2D eigenvalue weighted by Gasteiger charge is 2.36. The molecule has 0 bridgehead atoms. The molecule has 190 valence electrons. The van der Waals surface area contributed by atoms with E-state index < -0.39 is 11.7 Å². The third kappa shape index (κ3) is 5.18. The summed E-state index contributed by atoms with van der Waals surface area (Å²) in [4.78, 5) is 24.3. The number of alkyl halides is 3. The normalized spacial score (nSPS) is 19.0. The highest BCUT2D eigenvalue weighted by Crippen LogP contribution is 2.35. The average Bonchev–Trinajstić information content (AvgIpc) is 2.89. The smallest absolute Gasteiger partial charge is 0.353 e. The van der Waals surface area contributed by atoms with Crippen molar-refractivity contribution in [2.45, 2.75) is 38.4 Å². The van der Waals surface area contributed by atoms with Crippen LogP contribution in [-0.4, -0.2) is 58.7 Å². The van der Waals surface area contributed by atoms with Crippen molar-refractivity contribution in [1.82, 2.24) is 19.9 Å². The zero-order valence-electron chi connectivity index (χ0n) is 19.9. The molecule has 2 saturated heterocycles. The molecule has 11 heteroatoms. The van der Waals surface area contributed by atoms with E-state index in [9.17, 15) is 13.2 Å². The fourth-order valence-electron chi connectivity index (χ4n) is 4.74. The molecule has 2 aromatic heterocycles. The first kappa shape index (κ1) is 24.5. The van der Waals surface area contributed by atoms with E-state index in [0.29, 0.717) is 55.0 Å². The molecule has 0 N–H and O–H groups in total. The molecule has 1 aromatic carbocycles. The predicted molar refractivity (Wildman–Crippen MR) is 135 cm³/mol. The number of nitrogens with zero attached hydrogens (tertiary/aromatic N) is 7. The molecule has 0 spiro atoms. The molecule has 0 radical (unpaired) electrons. The van der Waals surface area contributed by atoms with Crippen LogP contribution >= 0.6 is 11.6 Å². The van der Waals surface area contributed by atoms with Crippen LogP contribution in [0, 0.1) is 0 Å².